The summed E-state index contributed by atoms with van der Waals surface area (Å²) in [7, 11) is 0. The van der Waals surface area contributed by atoms with E-state index in [-0.39, 0.29) is 17.4 Å². The third-order valence-electron chi connectivity index (χ3n) is 7.50. The van der Waals surface area contributed by atoms with Gasteiger partial charge in [-0.05, 0) is 59.2 Å². The van der Waals surface area contributed by atoms with Crippen LogP contribution in [-0.4, -0.2) is 5.11 Å². The van der Waals surface area contributed by atoms with Crippen LogP contribution in [0.15, 0.2) is 0 Å². The molecule has 0 amide bonds. The number of hydrogen-bond donors (Lipinski definition) is 1. The smallest absolute Gasteiger partial charge is 0.153 e. The van der Waals surface area contributed by atoms with Crippen molar-refractivity contribution in [3.8, 4) is 35.8 Å². The van der Waals surface area contributed by atoms with Gasteiger partial charge in [0.25, 0.3) is 0 Å². The van der Waals surface area contributed by atoms with Crippen LogP contribution in [0.4, 0.5) is 0 Å². The van der Waals surface area contributed by atoms with Crippen molar-refractivity contribution in [2.75, 3.05) is 0 Å². The first-order chi connectivity index (χ1) is 16.7. The van der Waals surface area contributed by atoms with Crippen molar-refractivity contribution >= 4 is 0 Å². The zero-order valence-electron chi connectivity index (χ0n) is 23.1. The molecule has 7 heteroatoms. The minimum atomic E-state index is -1.02. The number of hydrogen-bond acceptors (Lipinski definition) is 6. The third-order valence-corrected chi connectivity index (χ3v) is 7.50. The van der Waals surface area contributed by atoms with Crippen molar-refractivity contribution in [1.29, 1.82) is 21.0 Å². The molecule has 1 aromatic rings. The first-order valence-electron chi connectivity index (χ1n) is 11.3. The molecule has 6 nitrogen and oxygen atoms in total. The minimum Gasteiger partial charge on any atom is -0.871 e. The van der Waals surface area contributed by atoms with Gasteiger partial charge in [-0.3, -0.25) is 0 Å². The fourth-order valence-electron chi connectivity index (χ4n) is 3.96. The van der Waals surface area contributed by atoms with Gasteiger partial charge in [0, 0.05) is 17.4 Å². The van der Waals surface area contributed by atoms with Crippen molar-refractivity contribution in [3.05, 3.63) is 81.4 Å². The summed E-state index contributed by atoms with van der Waals surface area (Å²) in [4.78, 5) is 0. The molecular formula is C30H31CrN4O2-. The maximum atomic E-state index is 11.5. The molecule has 0 atom stereocenters. The number of phenols is 1. The van der Waals surface area contributed by atoms with Crippen LogP contribution in [0.5, 0.6) is 11.5 Å². The largest absolute Gasteiger partial charge is 0.871 e. The standard InChI is InChI=1S/C10H2N4O2.2C10H15.Cr/c11-1-5-6(2-12)10(16)8(4-14)7(3-13)9(5)15;2*1-6-7(2)9(4)10(5)8(6)3;/h15-16H;2*1-5H3;/p-1. The SMILES string of the molecule is C[C]1[C](C)[C](C)[C](C)[C]1C.C[C]1[C](C)[C](C)[C](C)[C]1C.N#Cc1c([O-])c(C#N)c(C#N)c(O)c1C#N.[Cr]. The van der Waals surface area contributed by atoms with Gasteiger partial charge in [-0.2, -0.15) is 21.0 Å². The monoisotopic (exact) mass is 531 g/mol. The van der Waals surface area contributed by atoms with Crippen molar-refractivity contribution in [2.24, 2.45) is 0 Å². The van der Waals surface area contributed by atoms with E-state index in [0.29, 0.717) is 0 Å². The van der Waals surface area contributed by atoms with Crippen LogP contribution < -0.4 is 5.11 Å². The van der Waals surface area contributed by atoms with Gasteiger partial charge in [0.05, 0.1) is 11.1 Å². The molecule has 0 unspecified atom stereocenters. The summed E-state index contributed by atoms with van der Waals surface area (Å²) < 4.78 is 0. The summed E-state index contributed by atoms with van der Waals surface area (Å²) in [5, 5.41) is 55.5. The summed E-state index contributed by atoms with van der Waals surface area (Å²) >= 11 is 0. The molecule has 2 aliphatic rings. The Balaban J connectivity index is 0.000000541. The Morgan fingerprint density at radius 3 is 0.730 bits per heavy atom. The second-order valence-corrected chi connectivity index (χ2v) is 8.87. The second-order valence-electron chi connectivity index (χ2n) is 8.87. The minimum absolute atomic E-state index is 0. The van der Waals surface area contributed by atoms with Crippen LogP contribution in [0.2, 0.25) is 0 Å². The van der Waals surface area contributed by atoms with Crippen LogP contribution in [0.1, 0.15) is 91.5 Å². The molecule has 0 bridgehead atoms. The number of nitrogens with zero attached hydrogens (tertiary/aromatic N) is 4. The maximum absolute atomic E-state index is 11.5. The molecule has 0 aromatic heterocycles. The van der Waals surface area contributed by atoms with Crippen molar-refractivity contribution < 1.29 is 27.6 Å². The number of aromatic hydroxyl groups is 1. The van der Waals surface area contributed by atoms with Crippen LogP contribution in [-0.2, 0) is 17.4 Å². The van der Waals surface area contributed by atoms with Gasteiger partial charge >= 0.3 is 0 Å². The number of benzene rings is 1. The third kappa shape index (κ3) is 6.80. The van der Waals surface area contributed by atoms with E-state index in [2.05, 4.69) is 69.2 Å². The summed E-state index contributed by atoms with van der Waals surface area (Å²) in [6, 6.07) is 5.75. The molecule has 1 N–H and O–H groups in total. The Morgan fingerprint density at radius 2 is 0.595 bits per heavy atom. The van der Waals surface area contributed by atoms with E-state index < -0.39 is 33.8 Å². The molecule has 0 spiro atoms. The first-order valence-corrected chi connectivity index (χ1v) is 11.3. The van der Waals surface area contributed by atoms with E-state index in [1.54, 1.807) is 0 Å². The van der Waals surface area contributed by atoms with Gasteiger partial charge in [-0.25, -0.2) is 0 Å². The molecule has 1 aromatic carbocycles. The zero-order valence-corrected chi connectivity index (χ0v) is 24.3. The normalized spacial score (nSPS) is 19.0. The van der Waals surface area contributed by atoms with E-state index >= 15 is 0 Å². The van der Waals surface area contributed by atoms with E-state index in [4.69, 9.17) is 21.0 Å². The van der Waals surface area contributed by atoms with E-state index in [0.717, 1.165) is 0 Å². The van der Waals surface area contributed by atoms with Crippen LogP contribution in [0, 0.1) is 105 Å². The maximum Gasteiger partial charge on any atom is 0.153 e. The van der Waals surface area contributed by atoms with E-state index in [1.807, 2.05) is 0 Å². The van der Waals surface area contributed by atoms with Gasteiger partial charge in [0.2, 0.25) is 0 Å². The summed E-state index contributed by atoms with van der Waals surface area (Å²) in [6.45, 7) is 22.0. The summed E-state index contributed by atoms with van der Waals surface area (Å²) in [5.74, 6) is 12.9. The predicted octanol–water partition coefficient (Wildman–Crippen LogP) is 5.89. The fourth-order valence-corrected chi connectivity index (χ4v) is 3.96. The second kappa shape index (κ2) is 14.3. The van der Waals surface area contributed by atoms with Gasteiger partial charge in [-0.1, -0.05) is 75.0 Å². The molecule has 37 heavy (non-hydrogen) atoms. The van der Waals surface area contributed by atoms with Crippen molar-refractivity contribution in [2.45, 2.75) is 69.2 Å². The van der Waals surface area contributed by atoms with Gasteiger partial charge in [-0.15, -0.1) is 0 Å². The zero-order chi connectivity index (χ0) is 28.1. The number of phenolic OH excluding ortho intramolecular Hbond substituents is 1. The molecule has 2 saturated carbocycles. The van der Waals surface area contributed by atoms with Crippen LogP contribution >= 0.6 is 0 Å². The molecule has 2 fully saturated rings. The molecular weight excluding hydrogens is 500 g/mol. The Bertz CT molecular complexity index is 877. The van der Waals surface area contributed by atoms with Crippen LogP contribution in [0.25, 0.3) is 0 Å². The molecule has 0 saturated heterocycles. The molecule has 190 valence electrons. The topological polar surface area (TPSA) is 138 Å². The Hall–Kier alpha value is -2.69. The first kappa shape index (κ1) is 34.3. The molecule has 3 rings (SSSR count). The Kier molecular flexibility index (Phi) is 13.3. The van der Waals surface area contributed by atoms with Gasteiger partial charge in [0.1, 0.15) is 35.4 Å². The average Bonchev–Trinajstić information content (AvgIpc) is 3.14. The predicted molar refractivity (Wildman–Crippen MR) is 136 cm³/mol. The summed E-state index contributed by atoms with van der Waals surface area (Å²) in [6.07, 6.45) is 0. The van der Waals surface area contributed by atoms with Gasteiger partial charge < -0.3 is 10.2 Å². The van der Waals surface area contributed by atoms with Crippen molar-refractivity contribution in [1.82, 2.24) is 0 Å². The molecule has 0 heterocycles. The molecule has 2 aliphatic carbocycles. The van der Waals surface area contributed by atoms with E-state index in [1.165, 1.54) is 83.5 Å². The molecule has 0 aliphatic heterocycles. The number of nitriles is 4. The average molecular weight is 532 g/mol. The fraction of sp³-hybridized carbons (Fsp3) is 0.333. The molecule has 10 radical (unpaired) electrons. The Morgan fingerprint density at radius 1 is 0.432 bits per heavy atom. The quantitative estimate of drug-likeness (QED) is 0.443. The summed E-state index contributed by atoms with van der Waals surface area (Å²) in [5.41, 5.74) is -2.42. The Labute approximate surface area is 234 Å². The van der Waals surface area contributed by atoms with E-state index in [9.17, 15) is 10.2 Å². The van der Waals surface area contributed by atoms with Gasteiger partial charge in [0.15, 0.2) is 5.75 Å². The van der Waals surface area contributed by atoms with Crippen LogP contribution in [0.3, 0.4) is 0 Å². The van der Waals surface area contributed by atoms with Crippen molar-refractivity contribution in [3.63, 3.8) is 0 Å². The number of rotatable bonds is 0.